The number of rotatable bonds is 2. The van der Waals surface area contributed by atoms with Crippen LogP contribution in [0.2, 0.25) is 0 Å². The molecule has 0 atom stereocenters. The van der Waals surface area contributed by atoms with Gasteiger partial charge in [-0.25, -0.2) is 9.97 Å². The summed E-state index contributed by atoms with van der Waals surface area (Å²) in [5.41, 5.74) is 1.75. The number of nitrogens with zero attached hydrogens (tertiary/aromatic N) is 5. The Morgan fingerprint density at radius 1 is 1.37 bits per heavy atom. The average Bonchev–Trinajstić information content (AvgIpc) is 2.88. The lowest BCUT2D eigenvalue weighted by atomic mass is 10.3. The normalized spacial score (nSPS) is 10.8. The molecular weight excluding hydrogens is 244 g/mol. The maximum Gasteiger partial charge on any atom is 0.274 e. The zero-order chi connectivity index (χ0) is 13.4. The number of hydrogen-bond donors (Lipinski definition) is 1. The van der Waals surface area contributed by atoms with E-state index in [-0.39, 0.29) is 5.56 Å². The summed E-state index contributed by atoms with van der Waals surface area (Å²) in [4.78, 5) is 22.4. The van der Waals surface area contributed by atoms with Crippen molar-refractivity contribution in [3.63, 3.8) is 0 Å². The molecule has 3 aromatic heterocycles. The maximum atomic E-state index is 12.1. The Hall–Kier alpha value is -2.70. The fraction of sp³-hybridized carbons (Fsp3) is 0.167. The molecule has 3 rings (SSSR count). The number of nitrogens with one attached hydrogen (secondary N) is 1. The highest BCUT2D eigenvalue weighted by Gasteiger charge is 2.11. The van der Waals surface area contributed by atoms with Crippen molar-refractivity contribution >= 4 is 22.7 Å². The van der Waals surface area contributed by atoms with Crippen LogP contribution < -0.4 is 10.5 Å². The first-order valence-corrected chi connectivity index (χ1v) is 5.72. The van der Waals surface area contributed by atoms with E-state index in [0.29, 0.717) is 22.7 Å². The molecule has 0 saturated carbocycles. The Kier molecular flexibility index (Phi) is 2.52. The number of aromatic nitrogens is 5. The third-order valence-corrected chi connectivity index (χ3v) is 2.95. The molecule has 0 unspecified atom stereocenters. The van der Waals surface area contributed by atoms with Crippen molar-refractivity contribution in [3.8, 4) is 0 Å². The predicted molar refractivity (Wildman–Crippen MR) is 71.4 cm³/mol. The predicted octanol–water partition coefficient (Wildman–Crippen LogP) is 0.819. The van der Waals surface area contributed by atoms with E-state index in [9.17, 15) is 4.79 Å². The molecule has 0 aliphatic rings. The Bertz CT molecular complexity index is 790. The summed E-state index contributed by atoms with van der Waals surface area (Å²) in [6.07, 6.45) is 4.92. The van der Waals surface area contributed by atoms with E-state index >= 15 is 0 Å². The second kappa shape index (κ2) is 4.20. The minimum Gasteiger partial charge on any atom is -0.324 e. The molecule has 0 aliphatic heterocycles. The summed E-state index contributed by atoms with van der Waals surface area (Å²) >= 11 is 0. The lowest BCUT2D eigenvalue weighted by molar-refractivity contribution is 0.854. The molecule has 3 aromatic rings. The third-order valence-electron chi connectivity index (χ3n) is 2.95. The Morgan fingerprint density at radius 3 is 3.05 bits per heavy atom. The summed E-state index contributed by atoms with van der Waals surface area (Å²) < 4.78 is 1.52. The zero-order valence-corrected chi connectivity index (χ0v) is 10.5. The fourth-order valence-electron chi connectivity index (χ4n) is 1.85. The SMILES string of the molecule is CN(c1cnc2[nH]ncc2n1)c1cccn(C)c1=O. The monoisotopic (exact) mass is 256 g/mol. The van der Waals surface area contributed by atoms with Gasteiger partial charge in [0.1, 0.15) is 11.2 Å². The van der Waals surface area contributed by atoms with Crippen LogP contribution in [0.3, 0.4) is 0 Å². The molecule has 1 N–H and O–H groups in total. The largest absolute Gasteiger partial charge is 0.324 e. The van der Waals surface area contributed by atoms with E-state index in [1.165, 1.54) is 4.57 Å². The summed E-state index contributed by atoms with van der Waals surface area (Å²) in [7, 11) is 3.50. The van der Waals surface area contributed by atoms with Crippen LogP contribution >= 0.6 is 0 Å². The second-order valence-electron chi connectivity index (χ2n) is 4.20. The van der Waals surface area contributed by atoms with Gasteiger partial charge in [-0.15, -0.1) is 0 Å². The molecular formula is C12H12N6O. The molecule has 96 valence electrons. The lowest BCUT2D eigenvalue weighted by Gasteiger charge is -2.17. The first-order valence-electron chi connectivity index (χ1n) is 5.72. The molecule has 19 heavy (non-hydrogen) atoms. The lowest BCUT2D eigenvalue weighted by Crippen LogP contribution is -2.25. The number of aryl methyl sites for hydroxylation is 1. The van der Waals surface area contributed by atoms with Crippen LogP contribution in [0.15, 0.2) is 35.5 Å². The quantitative estimate of drug-likeness (QED) is 0.734. The topological polar surface area (TPSA) is 79.7 Å². The highest BCUT2D eigenvalue weighted by atomic mass is 16.1. The first-order chi connectivity index (χ1) is 9.16. The Balaban J connectivity index is 2.10. The van der Waals surface area contributed by atoms with Crippen LogP contribution in [-0.4, -0.2) is 31.8 Å². The standard InChI is InChI=1S/C12H12N6O/c1-17-5-3-4-9(12(17)19)18(2)10-7-13-11-8(15-10)6-14-16-11/h3-7H,1-2H3,(H,13,14,16). The van der Waals surface area contributed by atoms with Gasteiger partial charge in [0.25, 0.3) is 5.56 Å². The van der Waals surface area contributed by atoms with Gasteiger partial charge < -0.3 is 9.47 Å². The number of anilines is 2. The fourth-order valence-corrected chi connectivity index (χ4v) is 1.85. The van der Waals surface area contributed by atoms with Gasteiger partial charge in [0.2, 0.25) is 0 Å². The third kappa shape index (κ3) is 1.85. The van der Waals surface area contributed by atoms with Gasteiger partial charge >= 0.3 is 0 Å². The van der Waals surface area contributed by atoms with Crippen molar-refractivity contribution in [3.05, 3.63) is 41.1 Å². The van der Waals surface area contributed by atoms with Crippen molar-refractivity contribution < 1.29 is 0 Å². The molecule has 0 fully saturated rings. The minimum atomic E-state index is -0.0842. The summed E-state index contributed by atoms with van der Waals surface area (Å²) in [6.45, 7) is 0. The number of hydrogen-bond acceptors (Lipinski definition) is 5. The van der Waals surface area contributed by atoms with Gasteiger partial charge in [0.05, 0.1) is 12.4 Å². The number of pyridine rings is 1. The number of fused-ring (bicyclic) bond motifs is 1. The van der Waals surface area contributed by atoms with Crippen LogP contribution in [0.25, 0.3) is 11.2 Å². The van der Waals surface area contributed by atoms with E-state index in [1.54, 1.807) is 43.7 Å². The molecule has 0 amide bonds. The molecule has 0 aliphatic carbocycles. The summed E-state index contributed by atoms with van der Waals surface area (Å²) in [5, 5.41) is 6.61. The van der Waals surface area contributed by atoms with E-state index in [4.69, 9.17) is 0 Å². The van der Waals surface area contributed by atoms with Crippen molar-refractivity contribution in [2.75, 3.05) is 11.9 Å². The van der Waals surface area contributed by atoms with Gasteiger partial charge in [0.15, 0.2) is 11.5 Å². The van der Waals surface area contributed by atoms with E-state index in [2.05, 4.69) is 20.2 Å². The molecule has 3 heterocycles. The van der Waals surface area contributed by atoms with Crippen molar-refractivity contribution in [1.82, 2.24) is 24.7 Å². The highest BCUT2D eigenvalue weighted by Crippen LogP contribution is 2.18. The van der Waals surface area contributed by atoms with Crippen LogP contribution in [0.1, 0.15) is 0 Å². The molecule has 0 bridgehead atoms. The van der Waals surface area contributed by atoms with Crippen LogP contribution in [-0.2, 0) is 7.05 Å². The second-order valence-corrected chi connectivity index (χ2v) is 4.20. The molecule has 7 heteroatoms. The molecule has 0 saturated heterocycles. The first kappa shape index (κ1) is 11.4. The maximum absolute atomic E-state index is 12.1. The van der Waals surface area contributed by atoms with Crippen molar-refractivity contribution in [1.29, 1.82) is 0 Å². The number of aromatic amines is 1. The van der Waals surface area contributed by atoms with E-state index < -0.39 is 0 Å². The minimum absolute atomic E-state index is 0.0842. The zero-order valence-electron chi connectivity index (χ0n) is 10.5. The van der Waals surface area contributed by atoms with Gasteiger partial charge in [-0.3, -0.25) is 9.89 Å². The number of H-pyrrole nitrogens is 1. The molecule has 0 radical (unpaired) electrons. The molecule has 0 spiro atoms. The smallest absolute Gasteiger partial charge is 0.274 e. The highest BCUT2D eigenvalue weighted by molar-refractivity contribution is 5.71. The van der Waals surface area contributed by atoms with Gasteiger partial charge in [-0.05, 0) is 12.1 Å². The molecule has 7 nitrogen and oxygen atoms in total. The van der Waals surface area contributed by atoms with E-state index in [0.717, 1.165) is 0 Å². The average molecular weight is 256 g/mol. The molecule has 0 aromatic carbocycles. The van der Waals surface area contributed by atoms with Gasteiger partial charge in [-0.1, -0.05) is 0 Å². The Labute approximate surface area is 108 Å². The summed E-state index contributed by atoms with van der Waals surface area (Å²) in [6, 6.07) is 3.57. The van der Waals surface area contributed by atoms with E-state index in [1.807, 2.05) is 6.07 Å². The van der Waals surface area contributed by atoms with Crippen LogP contribution in [0.4, 0.5) is 11.5 Å². The Morgan fingerprint density at radius 2 is 2.21 bits per heavy atom. The van der Waals surface area contributed by atoms with Crippen LogP contribution in [0.5, 0.6) is 0 Å². The van der Waals surface area contributed by atoms with Crippen molar-refractivity contribution in [2.45, 2.75) is 0 Å². The van der Waals surface area contributed by atoms with Crippen molar-refractivity contribution in [2.24, 2.45) is 7.05 Å². The van der Waals surface area contributed by atoms with Gasteiger partial charge in [0, 0.05) is 20.3 Å². The van der Waals surface area contributed by atoms with Gasteiger partial charge in [-0.2, -0.15) is 5.10 Å². The summed E-state index contributed by atoms with van der Waals surface area (Å²) in [5.74, 6) is 0.595. The van der Waals surface area contributed by atoms with Crippen LogP contribution in [0, 0.1) is 0 Å².